The number of nitrogens with one attached hydrogen (secondary N) is 3. The van der Waals surface area contributed by atoms with Gasteiger partial charge in [0.05, 0.1) is 12.5 Å². The molecule has 0 saturated heterocycles. The Hall–Kier alpha value is -1.99. The number of carbonyl (C=O) groups is 5. The van der Waals surface area contributed by atoms with Crippen molar-refractivity contribution in [3.63, 3.8) is 0 Å². The lowest BCUT2D eigenvalue weighted by Gasteiger charge is -2.25. The number of hydrogen-bond donors (Lipinski definition) is 6. The van der Waals surface area contributed by atoms with Crippen molar-refractivity contribution in [1.29, 1.82) is 0 Å². The molecule has 0 radical (unpaired) electrons. The van der Waals surface area contributed by atoms with Crippen molar-refractivity contribution in [3.8, 4) is 0 Å². The third-order valence-corrected chi connectivity index (χ3v) is 6.35. The molecule has 0 aromatic heterocycles. The van der Waals surface area contributed by atoms with Crippen molar-refractivity contribution in [2.45, 2.75) is 63.7 Å². The highest BCUT2D eigenvalue weighted by atomic mass is 32.2. The first-order valence-corrected chi connectivity index (χ1v) is 13.4. The van der Waals surface area contributed by atoms with Crippen LogP contribution >= 0.6 is 23.5 Å². The molecular formula is C20H37N5O6S2. The number of carboxylic acid groups (broad SMARTS) is 1. The molecular weight excluding hydrogens is 470 g/mol. The zero-order valence-electron chi connectivity index (χ0n) is 19.6. The van der Waals surface area contributed by atoms with Crippen molar-refractivity contribution in [3.05, 3.63) is 0 Å². The maximum absolute atomic E-state index is 12.9. The molecule has 11 nitrogen and oxygen atoms in total. The highest BCUT2D eigenvalue weighted by Gasteiger charge is 2.31. The van der Waals surface area contributed by atoms with Crippen LogP contribution in [-0.2, 0) is 24.0 Å². The van der Waals surface area contributed by atoms with E-state index in [1.54, 1.807) is 6.92 Å². The second-order valence-electron chi connectivity index (χ2n) is 7.67. The number of carbonyl (C=O) groups excluding carboxylic acids is 4. The molecule has 0 aliphatic rings. The standard InChI is InChI=1S/C20H37N5O6S2/c1-5-11(2)16(22)19(29)25-14(10-15(21)26)18(28)23-12(6-8-32-3)17(27)24-13(20(30)31)7-9-33-4/h11-14,16H,5-10,22H2,1-4H3,(H2,21,26)(H,23,28)(H,24,27)(H,25,29)(H,30,31). The van der Waals surface area contributed by atoms with Crippen molar-refractivity contribution >= 4 is 53.1 Å². The largest absolute Gasteiger partial charge is 0.480 e. The number of thioether (sulfide) groups is 2. The number of rotatable bonds is 17. The van der Waals surface area contributed by atoms with Gasteiger partial charge in [0.1, 0.15) is 18.1 Å². The van der Waals surface area contributed by atoms with Gasteiger partial charge < -0.3 is 32.5 Å². The lowest BCUT2D eigenvalue weighted by Crippen LogP contribution is -2.58. The number of nitrogens with two attached hydrogens (primary N) is 2. The Morgan fingerprint density at radius 1 is 0.848 bits per heavy atom. The van der Waals surface area contributed by atoms with Crippen molar-refractivity contribution in [2.75, 3.05) is 24.0 Å². The van der Waals surface area contributed by atoms with Crippen molar-refractivity contribution in [2.24, 2.45) is 17.4 Å². The quantitative estimate of drug-likeness (QED) is 0.147. The summed E-state index contributed by atoms with van der Waals surface area (Å²) >= 11 is 2.89. The lowest BCUT2D eigenvalue weighted by atomic mass is 9.99. The average molecular weight is 508 g/mol. The summed E-state index contributed by atoms with van der Waals surface area (Å²) in [6.45, 7) is 3.65. The van der Waals surface area contributed by atoms with Crippen LogP contribution in [0.15, 0.2) is 0 Å². The highest BCUT2D eigenvalue weighted by molar-refractivity contribution is 7.98. The Morgan fingerprint density at radius 3 is 1.76 bits per heavy atom. The minimum atomic E-state index is -1.32. The number of hydrogen-bond acceptors (Lipinski definition) is 8. The number of amides is 4. The maximum atomic E-state index is 12.9. The van der Waals surface area contributed by atoms with Gasteiger partial charge in [-0.25, -0.2) is 4.79 Å². The Balaban J connectivity index is 5.47. The van der Waals surface area contributed by atoms with Gasteiger partial charge in [0.25, 0.3) is 0 Å². The van der Waals surface area contributed by atoms with Crippen molar-refractivity contribution in [1.82, 2.24) is 16.0 Å². The molecule has 0 aliphatic heterocycles. The van der Waals surface area contributed by atoms with Gasteiger partial charge in [0.2, 0.25) is 23.6 Å². The van der Waals surface area contributed by atoms with Gasteiger partial charge in [-0.2, -0.15) is 23.5 Å². The second-order valence-corrected chi connectivity index (χ2v) is 9.64. The predicted molar refractivity (Wildman–Crippen MR) is 131 cm³/mol. The van der Waals surface area contributed by atoms with E-state index in [0.29, 0.717) is 17.9 Å². The molecule has 8 N–H and O–H groups in total. The summed E-state index contributed by atoms with van der Waals surface area (Å²) in [6, 6.07) is -4.37. The molecule has 4 amide bonds. The van der Waals surface area contributed by atoms with Gasteiger partial charge in [-0.1, -0.05) is 20.3 Å². The van der Waals surface area contributed by atoms with E-state index in [1.165, 1.54) is 23.5 Å². The van der Waals surface area contributed by atoms with E-state index in [-0.39, 0.29) is 18.8 Å². The summed E-state index contributed by atoms with van der Waals surface area (Å²) in [5.74, 6) is -3.17. The van der Waals surface area contributed by atoms with Crippen LogP contribution in [-0.4, -0.2) is 82.9 Å². The minimum absolute atomic E-state index is 0.156. The maximum Gasteiger partial charge on any atom is 0.326 e. The van der Waals surface area contributed by atoms with Gasteiger partial charge in [-0.15, -0.1) is 0 Å². The van der Waals surface area contributed by atoms with E-state index in [0.717, 1.165) is 0 Å². The van der Waals surface area contributed by atoms with E-state index in [9.17, 15) is 29.1 Å². The molecule has 13 heteroatoms. The molecule has 0 bridgehead atoms. The molecule has 0 aliphatic carbocycles. The van der Waals surface area contributed by atoms with Gasteiger partial charge in [0.15, 0.2) is 0 Å². The molecule has 0 saturated carbocycles. The Bertz CT molecular complexity index is 681. The van der Waals surface area contributed by atoms with Gasteiger partial charge in [-0.3, -0.25) is 19.2 Å². The molecule has 33 heavy (non-hydrogen) atoms. The number of aliphatic carboxylic acids is 1. The van der Waals surface area contributed by atoms with Crippen LogP contribution in [0.3, 0.4) is 0 Å². The summed E-state index contributed by atoms with van der Waals surface area (Å²) in [4.78, 5) is 61.0. The zero-order chi connectivity index (χ0) is 25.6. The van der Waals surface area contributed by atoms with E-state index < -0.39 is 60.2 Å². The van der Waals surface area contributed by atoms with E-state index in [4.69, 9.17) is 11.5 Å². The van der Waals surface area contributed by atoms with Crippen LogP contribution in [0, 0.1) is 5.92 Å². The fraction of sp³-hybridized carbons (Fsp3) is 0.750. The van der Waals surface area contributed by atoms with Gasteiger partial charge in [0, 0.05) is 0 Å². The highest BCUT2D eigenvalue weighted by Crippen LogP contribution is 2.08. The monoisotopic (exact) mass is 507 g/mol. The second kappa shape index (κ2) is 16.6. The fourth-order valence-corrected chi connectivity index (χ4v) is 3.68. The lowest BCUT2D eigenvalue weighted by molar-refractivity contribution is -0.142. The Kier molecular flexibility index (Phi) is 15.6. The first-order valence-electron chi connectivity index (χ1n) is 10.6. The summed E-state index contributed by atoms with van der Waals surface area (Å²) in [5, 5.41) is 16.8. The molecule has 0 spiro atoms. The molecule has 0 fully saturated rings. The molecule has 0 rings (SSSR count). The smallest absolute Gasteiger partial charge is 0.326 e. The third kappa shape index (κ3) is 12.2. The van der Waals surface area contributed by atoms with Crippen molar-refractivity contribution < 1.29 is 29.1 Å². The molecule has 190 valence electrons. The molecule has 0 aromatic rings. The van der Waals surface area contributed by atoms with Crippen LogP contribution in [0.4, 0.5) is 0 Å². The molecule has 5 atom stereocenters. The topological polar surface area (TPSA) is 194 Å². The molecule has 5 unspecified atom stereocenters. The first kappa shape index (κ1) is 31.0. The predicted octanol–water partition coefficient (Wildman–Crippen LogP) is -0.720. The van der Waals surface area contributed by atoms with E-state index >= 15 is 0 Å². The number of primary amides is 1. The van der Waals surface area contributed by atoms with Crippen LogP contribution in [0.5, 0.6) is 0 Å². The Morgan fingerprint density at radius 2 is 1.30 bits per heavy atom. The van der Waals surface area contributed by atoms with Crippen LogP contribution in [0.25, 0.3) is 0 Å². The van der Waals surface area contributed by atoms with E-state index in [2.05, 4.69) is 16.0 Å². The van der Waals surface area contributed by atoms with Gasteiger partial charge in [-0.05, 0) is 42.8 Å². The Labute approximate surface area is 203 Å². The van der Waals surface area contributed by atoms with Crippen LogP contribution in [0.1, 0.15) is 39.5 Å². The van der Waals surface area contributed by atoms with Crippen LogP contribution in [0.2, 0.25) is 0 Å². The average Bonchev–Trinajstić information content (AvgIpc) is 2.76. The summed E-state index contributed by atoms with van der Waals surface area (Å²) in [5.41, 5.74) is 11.1. The first-order chi connectivity index (χ1) is 15.5. The summed E-state index contributed by atoms with van der Waals surface area (Å²) in [6.07, 6.45) is 4.24. The zero-order valence-corrected chi connectivity index (χ0v) is 21.2. The normalized spacial score (nSPS) is 15.4. The van der Waals surface area contributed by atoms with Gasteiger partial charge >= 0.3 is 5.97 Å². The minimum Gasteiger partial charge on any atom is -0.480 e. The SMILES string of the molecule is CCC(C)C(N)C(=O)NC(CC(N)=O)C(=O)NC(CCSC)C(=O)NC(CCSC)C(=O)O. The summed E-state index contributed by atoms with van der Waals surface area (Å²) in [7, 11) is 0. The molecule has 0 heterocycles. The summed E-state index contributed by atoms with van der Waals surface area (Å²) < 4.78 is 0. The fourth-order valence-electron chi connectivity index (χ4n) is 2.73. The van der Waals surface area contributed by atoms with Crippen LogP contribution < -0.4 is 27.4 Å². The van der Waals surface area contributed by atoms with E-state index in [1.807, 2.05) is 19.4 Å². The third-order valence-electron chi connectivity index (χ3n) is 5.07. The number of carboxylic acids is 1. The molecule has 0 aromatic carbocycles.